The van der Waals surface area contributed by atoms with Crippen molar-refractivity contribution < 1.29 is 17.9 Å². The van der Waals surface area contributed by atoms with E-state index in [1.807, 2.05) is 30.1 Å². The summed E-state index contributed by atoms with van der Waals surface area (Å²) in [6.45, 7) is -0.0758. The van der Waals surface area contributed by atoms with Crippen LogP contribution in [0, 0.1) is 0 Å². The van der Waals surface area contributed by atoms with Gasteiger partial charge in [-0.05, 0) is 11.6 Å². The molecule has 0 aromatic carbocycles. The lowest BCUT2D eigenvalue weighted by Crippen LogP contribution is -2.23. The van der Waals surface area contributed by atoms with Crippen molar-refractivity contribution >= 4 is 0 Å². The van der Waals surface area contributed by atoms with Crippen LogP contribution in [0.5, 0.6) is 0 Å². The van der Waals surface area contributed by atoms with Gasteiger partial charge >= 0.3 is 6.18 Å². The van der Waals surface area contributed by atoms with E-state index in [9.17, 15) is 13.2 Å². The van der Waals surface area contributed by atoms with E-state index in [1.54, 1.807) is 0 Å². The molecule has 1 aromatic heterocycles. The molecule has 3 nitrogen and oxygen atoms in total. The SMILES string of the molecule is Cn1ccc(CNCCOCC(F)(F)F)c1. The summed E-state index contributed by atoms with van der Waals surface area (Å²) in [6.07, 6.45) is -0.375. The van der Waals surface area contributed by atoms with Crippen molar-refractivity contribution in [1.29, 1.82) is 0 Å². The second-order valence-electron chi connectivity index (χ2n) is 3.53. The lowest BCUT2D eigenvalue weighted by atomic mass is 10.3. The molecule has 0 aliphatic carbocycles. The molecule has 0 aliphatic heterocycles. The third-order valence-electron chi connectivity index (χ3n) is 1.91. The molecule has 0 bridgehead atoms. The molecule has 0 atom stereocenters. The maximum Gasteiger partial charge on any atom is 0.411 e. The molecule has 1 aromatic rings. The van der Waals surface area contributed by atoms with Crippen molar-refractivity contribution in [3.63, 3.8) is 0 Å². The van der Waals surface area contributed by atoms with E-state index in [0.29, 0.717) is 13.1 Å². The first-order valence-corrected chi connectivity index (χ1v) is 4.93. The predicted octanol–water partition coefficient (Wildman–Crippen LogP) is 1.69. The maximum atomic E-state index is 11.7. The van der Waals surface area contributed by atoms with E-state index >= 15 is 0 Å². The fourth-order valence-corrected chi connectivity index (χ4v) is 1.23. The first kappa shape index (κ1) is 13.1. The number of aromatic nitrogens is 1. The Kier molecular flexibility index (Phi) is 4.82. The van der Waals surface area contributed by atoms with Crippen LogP contribution < -0.4 is 5.32 Å². The van der Waals surface area contributed by atoms with E-state index in [-0.39, 0.29) is 6.61 Å². The van der Waals surface area contributed by atoms with E-state index in [4.69, 9.17) is 0 Å². The normalized spacial score (nSPS) is 12.0. The largest absolute Gasteiger partial charge is 0.411 e. The Bertz CT molecular complexity index is 309. The van der Waals surface area contributed by atoms with E-state index < -0.39 is 12.8 Å². The molecule has 0 spiro atoms. The summed E-state index contributed by atoms with van der Waals surface area (Å²) in [6, 6.07) is 1.95. The smallest absolute Gasteiger partial charge is 0.371 e. The maximum absolute atomic E-state index is 11.7. The zero-order valence-electron chi connectivity index (χ0n) is 9.05. The monoisotopic (exact) mass is 236 g/mol. The van der Waals surface area contributed by atoms with Crippen LogP contribution in [0.15, 0.2) is 18.5 Å². The van der Waals surface area contributed by atoms with E-state index in [2.05, 4.69) is 10.1 Å². The molecule has 6 heteroatoms. The summed E-state index contributed by atoms with van der Waals surface area (Å²) in [5, 5.41) is 3.00. The average molecular weight is 236 g/mol. The van der Waals surface area contributed by atoms with Crippen LogP contribution in [-0.4, -0.2) is 30.5 Å². The van der Waals surface area contributed by atoms with Gasteiger partial charge in [0.05, 0.1) is 6.61 Å². The number of nitrogens with zero attached hydrogens (tertiary/aromatic N) is 1. The number of alkyl halides is 3. The zero-order chi connectivity index (χ0) is 12.0. The average Bonchev–Trinajstić information content (AvgIpc) is 2.56. The minimum Gasteiger partial charge on any atom is -0.371 e. The molecule has 1 N–H and O–H groups in total. The fourth-order valence-electron chi connectivity index (χ4n) is 1.23. The van der Waals surface area contributed by atoms with Gasteiger partial charge in [-0.25, -0.2) is 0 Å². The molecule has 1 heterocycles. The van der Waals surface area contributed by atoms with Gasteiger partial charge in [0, 0.05) is 32.5 Å². The third kappa shape index (κ3) is 5.77. The molecule has 16 heavy (non-hydrogen) atoms. The molecule has 0 unspecified atom stereocenters. The number of halogens is 3. The number of ether oxygens (including phenoxy) is 1. The molecule has 0 fully saturated rings. The van der Waals surface area contributed by atoms with Crippen molar-refractivity contribution in [2.45, 2.75) is 12.7 Å². The molecule has 0 saturated heterocycles. The zero-order valence-corrected chi connectivity index (χ0v) is 9.05. The number of rotatable bonds is 6. The molecule has 0 radical (unpaired) electrons. The molecular weight excluding hydrogens is 221 g/mol. The fraction of sp³-hybridized carbons (Fsp3) is 0.600. The molecule has 1 rings (SSSR count). The van der Waals surface area contributed by atoms with Crippen LogP contribution in [0.2, 0.25) is 0 Å². The summed E-state index contributed by atoms with van der Waals surface area (Å²) in [5.41, 5.74) is 1.10. The highest BCUT2D eigenvalue weighted by Gasteiger charge is 2.27. The second-order valence-corrected chi connectivity index (χ2v) is 3.53. The number of nitrogens with one attached hydrogen (secondary N) is 1. The molecule has 0 aliphatic rings. The highest BCUT2D eigenvalue weighted by Crippen LogP contribution is 2.13. The number of aryl methyl sites for hydroxylation is 1. The van der Waals surface area contributed by atoms with Gasteiger partial charge in [-0.15, -0.1) is 0 Å². The second kappa shape index (κ2) is 5.91. The van der Waals surface area contributed by atoms with Crippen molar-refractivity contribution in [2.75, 3.05) is 19.8 Å². The summed E-state index contributed by atoms with van der Waals surface area (Å²) in [5.74, 6) is 0. The van der Waals surface area contributed by atoms with Crippen molar-refractivity contribution in [3.05, 3.63) is 24.0 Å². The number of hydrogen-bond acceptors (Lipinski definition) is 2. The van der Waals surface area contributed by atoms with Gasteiger partial charge < -0.3 is 14.6 Å². The minimum absolute atomic E-state index is 0.0618. The Morgan fingerprint density at radius 2 is 2.19 bits per heavy atom. The Morgan fingerprint density at radius 1 is 1.44 bits per heavy atom. The molecule has 92 valence electrons. The lowest BCUT2D eigenvalue weighted by Gasteiger charge is -2.07. The Morgan fingerprint density at radius 3 is 2.75 bits per heavy atom. The van der Waals surface area contributed by atoms with Gasteiger partial charge in [0.15, 0.2) is 0 Å². The Labute approximate surface area is 92.2 Å². The Balaban J connectivity index is 2.00. The molecule has 0 amide bonds. The van der Waals surface area contributed by atoms with Gasteiger partial charge in [-0.3, -0.25) is 0 Å². The van der Waals surface area contributed by atoms with Crippen LogP contribution >= 0.6 is 0 Å². The van der Waals surface area contributed by atoms with Crippen molar-refractivity contribution in [2.24, 2.45) is 7.05 Å². The summed E-state index contributed by atoms with van der Waals surface area (Å²) in [4.78, 5) is 0. The quantitative estimate of drug-likeness (QED) is 0.761. The van der Waals surface area contributed by atoms with E-state index in [1.165, 1.54) is 0 Å². The standard InChI is InChI=1S/C10H15F3N2O/c1-15-4-2-9(7-15)6-14-3-5-16-8-10(11,12)13/h2,4,7,14H,3,5-6,8H2,1H3. The highest BCUT2D eigenvalue weighted by atomic mass is 19.4. The predicted molar refractivity (Wildman–Crippen MR) is 54.0 cm³/mol. The van der Waals surface area contributed by atoms with Crippen molar-refractivity contribution in [1.82, 2.24) is 9.88 Å². The first-order valence-electron chi connectivity index (χ1n) is 4.93. The van der Waals surface area contributed by atoms with Gasteiger partial charge in [0.25, 0.3) is 0 Å². The third-order valence-corrected chi connectivity index (χ3v) is 1.91. The highest BCUT2D eigenvalue weighted by molar-refractivity contribution is 5.09. The minimum atomic E-state index is -4.24. The van der Waals surface area contributed by atoms with Crippen LogP contribution in [0.4, 0.5) is 13.2 Å². The van der Waals surface area contributed by atoms with Gasteiger partial charge in [-0.2, -0.15) is 13.2 Å². The van der Waals surface area contributed by atoms with Gasteiger partial charge in [-0.1, -0.05) is 0 Å². The summed E-state index contributed by atoms with van der Waals surface area (Å²) in [7, 11) is 1.91. The van der Waals surface area contributed by atoms with Crippen LogP contribution in [-0.2, 0) is 18.3 Å². The summed E-state index contributed by atoms with van der Waals surface area (Å²) >= 11 is 0. The van der Waals surface area contributed by atoms with Gasteiger partial charge in [0.2, 0.25) is 0 Å². The van der Waals surface area contributed by atoms with Crippen LogP contribution in [0.25, 0.3) is 0 Å². The Hall–Kier alpha value is -1.01. The summed E-state index contributed by atoms with van der Waals surface area (Å²) < 4.78 is 41.4. The van der Waals surface area contributed by atoms with Crippen LogP contribution in [0.1, 0.15) is 5.56 Å². The first-order chi connectivity index (χ1) is 7.47. The molecular formula is C10H15F3N2O. The van der Waals surface area contributed by atoms with Gasteiger partial charge in [0.1, 0.15) is 6.61 Å². The van der Waals surface area contributed by atoms with Crippen molar-refractivity contribution in [3.8, 4) is 0 Å². The topological polar surface area (TPSA) is 26.2 Å². The van der Waals surface area contributed by atoms with E-state index in [0.717, 1.165) is 5.56 Å². The number of hydrogen-bond donors (Lipinski definition) is 1. The molecule has 0 saturated carbocycles. The van der Waals surface area contributed by atoms with Crippen LogP contribution in [0.3, 0.4) is 0 Å². The lowest BCUT2D eigenvalue weighted by molar-refractivity contribution is -0.173.